The van der Waals surface area contributed by atoms with Crippen LogP contribution in [-0.2, 0) is 29.3 Å². The highest BCUT2D eigenvalue weighted by Gasteiger charge is 2.29. The van der Waals surface area contributed by atoms with Crippen molar-refractivity contribution in [3.8, 4) is 5.75 Å². The van der Waals surface area contributed by atoms with E-state index in [9.17, 15) is 31.5 Å². The zero-order valence-corrected chi connectivity index (χ0v) is 20.8. The summed E-state index contributed by atoms with van der Waals surface area (Å²) in [5.41, 5.74) is -0.625. The molecule has 4 rings (SSSR count). The van der Waals surface area contributed by atoms with Crippen LogP contribution < -0.4 is 5.32 Å². The fourth-order valence-electron chi connectivity index (χ4n) is 4.03. The van der Waals surface area contributed by atoms with Crippen LogP contribution in [-0.4, -0.2) is 42.6 Å². The summed E-state index contributed by atoms with van der Waals surface area (Å²) in [6.45, 7) is 1.97. The third-order valence-corrected chi connectivity index (χ3v) is 7.61. The molecule has 0 bridgehead atoms. The van der Waals surface area contributed by atoms with E-state index in [0.29, 0.717) is 25.1 Å². The molecule has 1 heterocycles. The topological polar surface area (TPSA) is 86.7 Å². The third kappa shape index (κ3) is 6.59. The van der Waals surface area contributed by atoms with E-state index < -0.39 is 21.3 Å². The number of hydrogen-bond acceptors (Lipinski definition) is 6. The third-order valence-electron chi connectivity index (χ3n) is 5.74. The van der Waals surface area contributed by atoms with E-state index >= 15 is 0 Å². The van der Waals surface area contributed by atoms with Gasteiger partial charge in [-0.2, -0.15) is 13.2 Å². The number of hydrogen-bond donors (Lipinski definition) is 2. The Morgan fingerprint density at radius 1 is 1.06 bits per heavy atom. The maximum Gasteiger partial charge on any atom is 0.446 e. The van der Waals surface area contributed by atoms with Crippen molar-refractivity contribution in [1.29, 1.82) is 0 Å². The van der Waals surface area contributed by atoms with Crippen molar-refractivity contribution >= 4 is 33.2 Å². The molecule has 0 radical (unpaired) electrons. The summed E-state index contributed by atoms with van der Waals surface area (Å²) in [6.07, 6.45) is 1.68. The number of amides is 1. The second-order valence-corrected chi connectivity index (χ2v) is 11.7. The van der Waals surface area contributed by atoms with Crippen LogP contribution in [0, 0.1) is 0 Å². The second-order valence-electron chi connectivity index (χ2n) is 8.54. The minimum atomic E-state index is -4.31. The summed E-state index contributed by atoms with van der Waals surface area (Å²) in [4.78, 5) is 14.8. The molecule has 0 spiro atoms. The number of rotatable bonds is 6. The minimum absolute atomic E-state index is 0.132. The van der Waals surface area contributed by atoms with Crippen molar-refractivity contribution in [2.24, 2.45) is 0 Å². The number of phenolic OH excluding ortho intramolecular Hbond substituents is 1. The molecule has 0 saturated carbocycles. The predicted molar refractivity (Wildman–Crippen MR) is 132 cm³/mol. The first-order valence-corrected chi connectivity index (χ1v) is 13.6. The quantitative estimate of drug-likeness (QED) is 0.332. The Labute approximate surface area is 211 Å². The van der Waals surface area contributed by atoms with Gasteiger partial charge in [-0.15, -0.1) is 0 Å². The van der Waals surface area contributed by atoms with Gasteiger partial charge >= 0.3 is 5.51 Å². The van der Waals surface area contributed by atoms with Crippen molar-refractivity contribution in [2.75, 3.05) is 18.1 Å². The average molecular weight is 537 g/mol. The smallest absolute Gasteiger partial charge is 0.446 e. The maximum atomic E-state index is 12.8. The van der Waals surface area contributed by atoms with Gasteiger partial charge in [-0.1, -0.05) is 18.2 Å². The Kier molecular flexibility index (Phi) is 7.35. The molecule has 3 aromatic rings. The normalized spacial score (nSPS) is 14.3. The summed E-state index contributed by atoms with van der Waals surface area (Å²) < 4.78 is 61.2. The van der Waals surface area contributed by atoms with Gasteiger partial charge in [0, 0.05) is 42.0 Å². The number of halogens is 3. The van der Waals surface area contributed by atoms with Gasteiger partial charge < -0.3 is 10.4 Å². The molecule has 0 aromatic heterocycles. The number of carbonyl (C=O) groups excluding carboxylic acids is 1. The fourth-order valence-corrected chi connectivity index (χ4v) is 5.36. The fraction of sp³-hybridized carbons (Fsp3) is 0.240. The lowest BCUT2D eigenvalue weighted by Gasteiger charge is -2.29. The Morgan fingerprint density at radius 3 is 2.44 bits per heavy atom. The van der Waals surface area contributed by atoms with Crippen LogP contribution >= 0.6 is 11.8 Å². The first-order valence-electron chi connectivity index (χ1n) is 10.9. The molecule has 36 heavy (non-hydrogen) atoms. The lowest BCUT2D eigenvalue weighted by molar-refractivity contribution is -0.0328. The molecule has 0 saturated heterocycles. The molecule has 6 nitrogen and oxygen atoms in total. The van der Waals surface area contributed by atoms with E-state index in [0.717, 1.165) is 29.5 Å². The molecule has 0 aliphatic carbocycles. The SMILES string of the molecule is CS(=O)(=O)c1cc(NC(=O)c2ccc3c(c2)CCN(Cc2ccc(SC(F)(F)F)cc2)C3)ccc1O. The van der Waals surface area contributed by atoms with Crippen LogP contribution in [0.5, 0.6) is 5.75 Å². The number of fused-ring (bicyclic) bond motifs is 1. The van der Waals surface area contributed by atoms with E-state index in [1.54, 1.807) is 18.2 Å². The van der Waals surface area contributed by atoms with E-state index in [1.807, 2.05) is 12.1 Å². The van der Waals surface area contributed by atoms with Gasteiger partial charge in [0.25, 0.3) is 5.91 Å². The van der Waals surface area contributed by atoms with Crippen LogP contribution in [0.1, 0.15) is 27.0 Å². The van der Waals surface area contributed by atoms with Gasteiger partial charge in [-0.3, -0.25) is 9.69 Å². The van der Waals surface area contributed by atoms with Gasteiger partial charge in [0.15, 0.2) is 9.84 Å². The Hall–Kier alpha value is -3.02. The minimum Gasteiger partial charge on any atom is -0.507 e. The molecule has 1 aliphatic heterocycles. The number of carbonyl (C=O) groups is 1. The number of phenols is 1. The average Bonchev–Trinajstić information content (AvgIpc) is 2.79. The number of aromatic hydroxyl groups is 1. The predicted octanol–water partition coefficient (Wildman–Crippen LogP) is 5.22. The number of alkyl halides is 3. The first kappa shape index (κ1) is 26.1. The number of sulfone groups is 1. The van der Waals surface area contributed by atoms with Crippen LogP contribution in [0.2, 0.25) is 0 Å². The van der Waals surface area contributed by atoms with Gasteiger partial charge in [0.05, 0.1) is 0 Å². The lowest BCUT2D eigenvalue weighted by atomic mass is 9.96. The van der Waals surface area contributed by atoms with Crippen molar-refractivity contribution in [1.82, 2.24) is 4.90 Å². The van der Waals surface area contributed by atoms with Crippen molar-refractivity contribution in [2.45, 2.75) is 34.8 Å². The van der Waals surface area contributed by atoms with Gasteiger partial charge in [0.2, 0.25) is 0 Å². The Morgan fingerprint density at radius 2 is 1.78 bits per heavy atom. The first-order chi connectivity index (χ1) is 16.9. The molecule has 1 aliphatic rings. The molecular formula is C25H23F3N2O4S2. The molecular weight excluding hydrogens is 513 g/mol. The monoisotopic (exact) mass is 536 g/mol. The van der Waals surface area contributed by atoms with E-state index in [1.165, 1.54) is 30.3 Å². The summed E-state index contributed by atoms with van der Waals surface area (Å²) in [5.74, 6) is -0.785. The Bertz CT molecular complexity index is 1390. The molecule has 11 heteroatoms. The molecule has 0 unspecified atom stereocenters. The number of thioether (sulfide) groups is 1. The second kappa shape index (κ2) is 10.2. The highest BCUT2D eigenvalue weighted by atomic mass is 32.2. The van der Waals surface area contributed by atoms with Crippen molar-refractivity contribution < 1.29 is 31.5 Å². The van der Waals surface area contributed by atoms with Gasteiger partial charge in [-0.25, -0.2) is 8.42 Å². The van der Waals surface area contributed by atoms with Crippen molar-refractivity contribution in [3.63, 3.8) is 0 Å². The summed E-state index contributed by atoms with van der Waals surface area (Å²) in [7, 11) is -3.66. The molecule has 190 valence electrons. The maximum absolute atomic E-state index is 12.8. The highest BCUT2D eigenvalue weighted by molar-refractivity contribution is 8.00. The zero-order chi connectivity index (χ0) is 26.1. The molecule has 3 aromatic carbocycles. The Balaban J connectivity index is 1.40. The lowest BCUT2D eigenvalue weighted by Crippen LogP contribution is -2.30. The van der Waals surface area contributed by atoms with E-state index in [2.05, 4.69) is 10.2 Å². The van der Waals surface area contributed by atoms with E-state index in [4.69, 9.17) is 0 Å². The van der Waals surface area contributed by atoms with Crippen LogP contribution in [0.25, 0.3) is 0 Å². The van der Waals surface area contributed by atoms with Gasteiger partial charge in [-0.05, 0) is 77.3 Å². The number of nitrogens with zero attached hydrogens (tertiary/aromatic N) is 1. The summed E-state index contributed by atoms with van der Waals surface area (Å²) in [5, 5.41) is 12.5. The zero-order valence-electron chi connectivity index (χ0n) is 19.2. The van der Waals surface area contributed by atoms with Crippen LogP contribution in [0.15, 0.2) is 70.5 Å². The number of benzene rings is 3. The van der Waals surface area contributed by atoms with Crippen LogP contribution in [0.4, 0.5) is 18.9 Å². The molecule has 1 amide bonds. The van der Waals surface area contributed by atoms with Gasteiger partial charge in [0.1, 0.15) is 10.6 Å². The highest BCUT2D eigenvalue weighted by Crippen LogP contribution is 2.37. The van der Waals surface area contributed by atoms with Crippen LogP contribution in [0.3, 0.4) is 0 Å². The summed E-state index contributed by atoms with van der Waals surface area (Å²) in [6, 6.07) is 15.6. The van der Waals surface area contributed by atoms with E-state index in [-0.39, 0.29) is 33.0 Å². The molecule has 0 atom stereocenters. The standard InChI is InChI=1S/C25H23F3N2O4S2/c1-36(33,34)23-13-20(6-9-22(23)31)29-24(32)18-4-5-19-15-30(11-10-17(19)12-18)14-16-2-7-21(8-3-16)35-25(26,27)28/h2-9,12-13,31H,10-11,14-15H2,1H3,(H,29,32). The summed E-state index contributed by atoms with van der Waals surface area (Å²) >= 11 is -0.132. The van der Waals surface area contributed by atoms with Crippen molar-refractivity contribution in [3.05, 3.63) is 82.9 Å². The number of anilines is 1. The molecule has 0 fully saturated rings. The largest absolute Gasteiger partial charge is 0.507 e. The number of nitrogens with one attached hydrogen (secondary N) is 1. The molecule has 2 N–H and O–H groups in total.